The number of benzene rings is 10. The Morgan fingerprint density at radius 3 is 1.21 bits per heavy atom. The first-order chi connectivity index (χ1) is 44.5. The average Bonchev–Trinajstić information content (AvgIpc) is 1.46. The van der Waals surface area contributed by atoms with Gasteiger partial charge in [-0.25, -0.2) is 0 Å². The second-order valence-electron chi connectivity index (χ2n) is 24.9. The van der Waals surface area contributed by atoms with Gasteiger partial charge in [-0.3, -0.25) is 12.9 Å². The Morgan fingerprint density at radius 2 is 0.692 bits per heavy atom. The third-order valence-electron chi connectivity index (χ3n) is 19.9. The molecule has 0 saturated heterocycles. The first-order valence-electron chi connectivity index (χ1n) is 31.2. The van der Waals surface area contributed by atoms with Crippen LogP contribution in [0.2, 0.25) is 0 Å². The van der Waals surface area contributed by atoms with Crippen LogP contribution in [-0.4, -0.2) is 38.9 Å². The summed E-state index contributed by atoms with van der Waals surface area (Å²) < 4.78 is 20.5. The van der Waals surface area contributed by atoms with Crippen molar-refractivity contribution >= 4 is 193 Å². The van der Waals surface area contributed by atoms with Gasteiger partial charge in [0.25, 0.3) is 20.1 Å². The van der Waals surface area contributed by atoms with Crippen LogP contribution < -0.4 is 73.9 Å². The van der Waals surface area contributed by atoms with Gasteiger partial charge in [-0.2, -0.15) is 22.7 Å². The van der Waals surface area contributed by atoms with Crippen LogP contribution in [0.5, 0.6) is 11.5 Å². The molecule has 0 fully saturated rings. The number of hydrogen-bond donors (Lipinski definition) is 0. The van der Waals surface area contributed by atoms with Crippen molar-refractivity contribution in [3.8, 4) is 44.9 Å². The molecule has 0 atom stereocenters. The van der Waals surface area contributed by atoms with E-state index < -0.39 is 0 Å². The minimum atomic E-state index is -0.114. The number of ether oxygens (including phenoxy) is 1. The molecule has 0 unspecified atom stereocenters. The van der Waals surface area contributed by atoms with Gasteiger partial charge >= 0.3 is 0 Å². The summed E-state index contributed by atoms with van der Waals surface area (Å²) in [4.78, 5) is 5.23. The molecule has 6 nitrogen and oxygen atoms in total. The monoisotopic (exact) mass is 1260 g/mol. The van der Waals surface area contributed by atoms with Crippen molar-refractivity contribution in [1.29, 1.82) is 0 Å². The molecule has 2 aromatic heterocycles. The molecule has 8 heterocycles. The maximum atomic E-state index is 7.18. The minimum Gasteiger partial charge on any atom is -0.458 e. The van der Waals surface area contributed by atoms with Gasteiger partial charge in [0.05, 0.1) is 39.8 Å². The van der Waals surface area contributed by atoms with Crippen molar-refractivity contribution in [2.45, 2.75) is 41.5 Å². The standard InChI is InChI=1S/C77H60B3N5OS5/c1-43-23-20-24-44(2)64(43)49-37-57-67-58(38-49)82(53-31-14-11-15-32-53)70-71-76(90-74(70)78(67)54-33-16-18-35-56(54)81(57)52-29-12-10-13-30-52)80-68-59(83(71)87-7)39-50(65-45(3)25-21-26-46(65)4)40-60(68)84(88-8)73-72-75(91-77(73)80)79-55-34-17-19-36-62(55)86-63-42-51(41-61(69(63)79)85(72)89-9)66-47(5)27-22-28-48(66)6/h10-42H,1-9H3. The predicted octanol–water partition coefficient (Wildman–Crippen LogP) is 16.1. The van der Waals surface area contributed by atoms with Gasteiger partial charge in [0.1, 0.15) is 11.5 Å². The van der Waals surface area contributed by atoms with Crippen LogP contribution in [-0.2, 0) is 0 Å². The van der Waals surface area contributed by atoms with E-state index in [0.717, 1.165) is 22.9 Å². The maximum absolute atomic E-state index is 7.18. The molecule has 0 amide bonds. The van der Waals surface area contributed by atoms with E-state index >= 15 is 0 Å². The molecule has 6 aliphatic heterocycles. The molecular formula is C77H60B3N5OS5. The molecule has 14 heteroatoms. The van der Waals surface area contributed by atoms with Crippen LogP contribution in [0, 0.1) is 41.5 Å². The lowest BCUT2D eigenvalue weighted by Crippen LogP contribution is -2.60. The summed E-state index contributed by atoms with van der Waals surface area (Å²) in [5.41, 5.74) is 36.1. The highest BCUT2D eigenvalue weighted by molar-refractivity contribution is 8.01. The van der Waals surface area contributed by atoms with Gasteiger partial charge < -0.3 is 14.5 Å². The summed E-state index contributed by atoms with van der Waals surface area (Å²) in [6.07, 6.45) is 6.85. The van der Waals surface area contributed by atoms with E-state index in [1.165, 1.54) is 170 Å². The SMILES string of the molecule is CSN1c2cc(-c3c(C)cccc3C)cc3c2B(c2ccccc2O3)c2sc3c(c21)N(SC)c1cc(-c2c(C)cccc2C)cc2c1B3c1sc3c(c1N2SC)N(c1ccccc1)c1cc(-c2c(C)cccc2C)cc2c1B3c1ccccc1N2c1ccccc1. The number of aryl methyl sites for hydroxylation is 6. The number of anilines is 12. The van der Waals surface area contributed by atoms with Gasteiger partial charge in [0.2, 0.25) is 0 Å². The molecular weight excluding hydrogens is 1200 g/mol. The Bertz CT molecular complexity index is 5050. The Hall–Kier alpha value is -8.36. The Labute approximate surface area is 555 Å². The van der Waals surface area contributed by atoms with Crippen LogP contribution >= 0.6 is 58.5 Å². The largest absolute Gasteiger partial charge is 0.458 e. The first kappa shape index (κ1) is 55.5. The second-order valence-corrected chi connectivity index (χ2v) is 29.2. The molecule has 18 rings (SSSR count). The highest BCUT2D eigenvalue weighted by Gasteiger charge is 2.55. The van der Waals surface area contributed by atoms with E-state index in [9.17, 15) is 0 Å². The minimum absolute atomic E-state index is 0.0615. The van der Waals surface area contributed by atoms with Crippen LogP contribution in [0.1, 0.15) is 33.4 Å². The van der Waals surface area contributed by atoms with Gasteiger partial charge in [-0.1, -0.05) is 127 Å². The van der Waals surface area contributed by atoms with Crippen molar-refractivity contribution < 1.29 is 4.74 Å². The van der Waals surface area contributed by atoms with Crippen molar-refractivity contribution in [2.24, 2.45) is 0 Å². The number of nitrogens with zero attached hydrogens (tertiary/aromatic N) is 5. The van der Waals surface area contributed by atoms with Crippen molar-refractivity contribution in [1.82, 2.24) is 0 Å². The zero-order valence-corrected chi connectivity index (χ0v) is 56.1. The quantitative estimate of drug-likeness (QED) is 0.109. The van der Waals surface area contributed by atoms with Crippen molar-refractivity contribution in [3.05, 3.63) is 234 Å². The molecule has 0 N–H and O–H groups in total. The Kier molecular flexibility index (Phi) is 12.7. The molecule has 438 valence electrons. The highest BCUT2D eigenvalue weighted by atomic mass is 32.2. The fourth-order valence-electron chi connectivity index (χ4n) is 16.4. The van der Waals surface area contributed by atoms with Crippen LogP contribution in [0.3, 0.4) is 0 Å². The van der Waals surface area contributed by atoms with E-state index in [-0.39, 0.29) is 20.1 Å². The lowest BCUT2D eigenvalue weighted by Gasteiger charge is -2.45. The van der Waals surface area contributed by atoms with E-state index in [0.29, 0.717) is 0 Å². The number of fused-ring (bicyclic) bond motifs is 14. The van der Waals surface area contributed by atoms with Gasteiger partial charge in [-0.05, 0) is 244 Å². The highest BCUT2D eigenvalue weighted by Crippen LogP contribution is 2.57. The summed E-state index contributed by atoms with van der Waals surface area (Å²) in [5.74, 6) is 1.85. The lowest BCUT2D eigenvalue weighted by molar-refractivity contribution is 0.488. The van der Waals surface area contributed by atoms with E-state index in [4.69, 9.17) is 4.74 Å². The first-order valence-corrected chi connectivity index (χ1v) is 36.4. The molecule has 0 aliphatic carbocycles. The summed E-state index contributed by atoms with van der Waals surface area (Å²) in [6, 6.07) is 75.6. The maximum Gasteiger partial charge on any atom is 0.277 e. The molecule has 0 saturated carbocycles. The Balaban J connectivity index is 0.968. The second kappa shape index (κ2) is 20.8. The molecule has 0 spiro atoms. The van der Waals surface area contributed by atoms with Crippen LogP contribution in [0.25, 0.3) is 33.4 Å². The molecule has 0 bridgehead atoms. The average molecular weight is 1260 g/mol. The molecule has 91 heavy (non-hydrogen) atoms. The summed E-state index contributed by atoms with van der Waals surface area (Å²) in [5, 5.41) is 0. The molecule has 6 aliphatic rings. The smallest absolute Gasteiger partial charge is 0.277 e. The molecule has 10 aromatic carbocycles. The van der Waals surface area contributed by atoms with Crippen LogP contribution in [0.15, 0.2) is 200 Å². The fourth-order valence-corrected chi connectivity index (χ4v) is 21.8. The predicted molar refractivity (Wildman–Crippen MR) is 403 cm³/mol. The number of rotatable bonds is 8. The van der Waals surface area contributed by atoms with Gasteiger partial charge in [0.15, 0.2) is 0 Å². The molecule has 0 radical (unpaired) electrons. The normalized spacial score (nSPS) is 14.0. The van der Waals surface area contributed by atoms with Crippen molar-refractivity contribution in [2.75, 3.05) is 41.5 Å². The van der Waals surface area contributed by atoms with Gasteiger partial charge in [0, 0.05) is 66.3 Å². The summed E-state index contributed by atoms with van der Waals surface area (Å²) in [6.45, 7) is 13.3. The zero-order chi connectivity index (χ0) is 61.4. The molecule has 12 aromatic rings. The third-order valence-corrected chi connectivity index (χ3v) is 24.8. The van der Waals surface area contributed by atoms with Crippen LogP contribution in [0.4, 0.5) is 68.2 Å². The van der Waals surface area contributed by atoms with E-state index in [1.54, 1.807) is 11.9 Å². The van der Waals surface area contributed by atoms with E-state index in [1.807, 2.05) is 35.2 Å². The van der Waals surface area contributed by atoms with E-state index in [2.05, 4.69) is 295 Å². The summed E-state index contributed by atoms with van der Waals surface area (Å²) >= 11 is 9.57. The Morgan fingerprint density at radius 1 is 0.319 bits per heavy atom. The number of para-hydroxylation sites is 4. The fraction of sp³-hybridized carbons (Fsp3) is 0.117. The van der Waals surface area contributed by atoms with Crippen molar-refractivity contribution in [3.63, 3.8) is 0 Å². The lowest BCUT2D eigenvalue weighted by atomic mass is 9.35. The van der Waals surface area contributed by atoms with Gasteiger partial charge in [-0.15, -0.1) is 0 Å². The topological polar surface area (TPSA) is 25.4 Å². The number of thiophene rings is 2. The third kappa shape index (κ3) is 7.80. The summed E-state index contributed by atoms with van der Waals surface area (Å²) in [7, 11) is 0. The number of hydrogen-bond acceptors (Lipinski definition) is 11. The zero-order valence-electron chi connectivity index (χ0n) is 52.0.